The van der Waals surface area contributed by atoms with Crippen LogP contribution in [0.2, 0.25) is 0 Å². The number of likely N-dealkylation sites (tertiary alicyclic amines) is 1. The number of aliphatic imine (C=N–C) groups is 1. The molecule has 0 radical (unpaired) electrons. The molecule has 1 atom stereocenters. The van der Waals surface area contributed by atoms with Gasteiger partial charge in [-0.1, -0.05) is 30.0 Å². The van der Waals surface area contributed by atoms with E-state index in [0.717, 1.165) is 29.0 Å². The van der Waals surface area contributed by atoms with Gasteiger partial charge >= 0.3 is 12.1 Å². The van der Waals surface area contributed by atoms with Crippen LogP contribution in [0.5, 0.6) is 0 Å². The maximum atomic E-state index is 15.0. The number of urea groups is 1. The van der Waals surface area contributed by atoms with Gasteiger partial charge in [-0.15, -0.1) is 0 Å². The van der Waals surface area contributed by atoms with Crippen LogP contribution < -0.4 is 16.4 Å². The predicted molar refractivity (Wildman–Crippen MR) is 166 cm³/mol. The van der Waals surface area contributed by atoms with Crippen molar-refractivity contribution in [1.82, 2.24) is 25.0 Å². The van der Waals surface area contributed by atoms with Gasteiger partial charge in [-0.25, -0.2) is 23.6 Å². The first-order valence-electron chi connectivity index (χ1n) is 14.1. The number of aryl methyl sites for hydroxylation is 1. The van der Waals surface area contributed by atoms with Gasteiger partial charge in [0.2, 0.25) is 0 Å². The maximum absolute atomic E-state index is 15.0. The number of benzene rings is 1. The number of amides is 3. The van der Waals surface area contributed by atoms with E-state index in [4.69, 9.17) is 15.6 Å². The molecule has 3 aromatic rings. The lowest BCUT2D eigenvalue weighted by molar-refractivity contribution is 0.0228. The summed E-state index contributed by atoms with van der Waals surface area (Å²) < 4.78 is 22.1. The Labute approximate surface area is 253 Å². The Morgan fingerprint density at radius 2 is 2.09 bits per heavy atom. The summed E-state index contributed by atoms with van der Waals surface area (Å²) in [6.07, 6.45) is 6.79. The van der Waals surface area contributed by atoms with Crippen LogP contribution in [0.25, 0.3) is 21.8 Å². The zero-order valence-electron chi connectivity index (χ0n) is 24.4. The van der Waals surface area contributed by atoms with E-state index in [-0.39, 0.29) is 24.4 Å². The summed E-state index contributed by atoms with van der Waals surface area (Å²) in [5.41, 5.74) is 9.13. The molecule has 1 aliphatic heterocycles. The number of para-hydroxylation sites is 1. The Morgan fingerprint density at radius 3 is 2.81 bits per heavy atom. The van der Waals surface area contributed by atoms with Gasteiger partial charge in [-0.2, -0.15) is 5.10 Å². The number of aromatic nitrogens is 3. The van der Waals surface area contributed by atoms with Gasteiger partial charge in [0.05, 0.1) is 28.0 Å². The third-order valence-electron chi connectivity index (χ3n) is 7.08. The van der Waals surface area contributed by atoms with Crippen LogP contribution in [0.15, 0.2) is 48.2 Å². The van der Waals surface area contributed by atoms with Crippen molar-refractivity contribution in [3.05, 3.63) is 66.0 Å². The van der Waals surface area contributed by atoms with Crippen molar-refractivity contribution in [2.24, 2.45) is 10.7 Å². The number of rotatable bonds is 7. The number of hydrogen-bond donors (Lipinski definition) is 3. The number of nitrogens with one attached hydrogen (secondary N) is 2. The van der Waals surface area contributed by atoms with Gasteiger partial charge in [0.15, 0.2) is 5.13 Å². The molecule has 11 nitrogen and oxygen atoms in total. The average Bonchev–Trinajstić information content (AvgIpc) is 3.68. The highest BCUT2D eigenvalue weighted by molar-refractivity contribution is 7.19. The summed E-state index contributed by atoms with van der Waals surface area (Å²) in [4.78, 5) is 36.7. The molecule has 2 aliphatic rings. The van der Waals surface area contributed by atoms with E-state index in [0.29, 0.717) is 41.5 Å². The summed E-state index contributed by atoms with van der Waals surface area (Å²) in [5.74, 6) is -0.431. The summed E-state index contributed by atoms with van der Waals surface area (Å²) in [6, 6.07) is 5.81. The smallest absolute Gasteiger partial charge is 0.410 e. The standard InChI is InChI=1S/C30H35FN8O3S/c1-5-33-16-18(15-32)24-20-12-13-22-26(25(20)39(37-24)23-11-7-6-10-21(23)31)43-28(35-22)36-27(40)34-17-19-9-8-14-38(19)29(41)42-30(2,3)4/h5-7,10-11,15-16,19H,1,8-9,12-14,17,32H2,2-4H3,(H2,34,35,36,40)/b18-15+,33-16-/t19-/m1/s1. The number of anilines is 1. The van der Waals surface area contributed by atoms with Crippen LogP contribution in [0.3, 0.4) is 0 Å². The van der Waals surface area contributed by atoms with Gasteiger partial charge in [0.1, 0.15) is 17.1 Å². The lowest BCUT2D eigenvalue weighted by Gasteiger charge is -2.28. The molecule has 43 heavy (non-hydrogen) atoms. The zero-order valence-corrected chi connectivity index (χ0v) is 25.2. The van der Waals surface area contributed by atoms with Gasteiger partial charge < -0.3 is 20.7 Å². The van der Waals surface area contributed by atoms with Crippen molar-refractivity contribution in [3.63, 3.8) is 0 Å². The molecule has 3 amide bonds. The minimum atomic E-state index is -0.595. The first kappa shape index (κ1) is 30.0. The fraction of sp³-hybridized carbons (Fsp3) is 0.367. The molecular formula is C30H35FN8O3S. The predicted octanol–water partition coefficient (Wildman–Crippen LogP) is 5.27. The quantitative estimate of drug-likeness (QED) is 0.313. The topological polar surface area (TPSA) is 140 Å². The summed E-state index contributed by atoms with van der Waals surface area (Å²) in [5, 5.41) is 10.9. The van der Waals surface area contributed by atoms with E-state index in [1.54, 1.807) is 34.0 Å². The molecule has 1 fully saturated rings. The Kier molecular flexibility index (Phi) is 8.62. The highest BCUT2D eigenvalue weighted by atomic mass is 32.1. The molecule has 0 unspecified atom stereocenters. The van der Waals surface area contributed by atoms with Crippen molar-refractivity contribution in [1.29, 1.82) is 0 Å². The van der Waals surface area contributed by atoms with Crippen LogP contribution in [-0.2, 0) is 17.6 Å². The molecule has 1 aromatic carbocycles. The highest BCUT2D eigenvalue weighted by Gasteiger charge is 2.33. The molecule has 1 saturated heterocycles. The molecule has 3 heterocycles. The van der Waals surface area contributed by atoms with E-state index < -0.39 is 17.4 Å². The number of allylic oxidation sites excluding steroid dienone is 1. The van der Waals surface area contributed by atoms with Crippen LogP contribution in [0, 0.1) is 5.82 Å². The molecule has 0 spiro atoms. The number of fused-ring (bicyclic) bond motifs is 3. The van der Waals surface area contributed by atoms with Crippen molar-refractivity contribution >= 4 is 40.4 Å². The first-order chi connectivity index (χ1) is 20.6. The SMILES string of the molecule is C=C/N=C\C(=C/N)c1nn(-c2ccccc2F)c2c1CCc1nc(NC(=O)NC[C@H]3CCCN3C(=O)OC(C)(C)C)sc1-2. The minimum absolute atomic E-state index is 0.157. The molecule has 1 aliphatic carbocycles. The Balaban J connectivity index is 1.38. The molecule has 2 aromatic heterocycles. The fourth-order valence-electron chi connectivity index (χ4n) is 5.23. The van der Waals surface area contributed by atoms with Gasteiger partial charge in [-0.05, 0) is 58.6 Å². The van der Waals surface area contributed by atoms with E-state index >= 15 is 4.39 Å². The van der Waals surface area contributed by atoms with E-state index in [1.165, 1.54) is 29.8 Å². The third-order valence-corrected chi connectivity index (χ3v) is 8.10. The van der Waals surface area contributed by atoms with E-state index in [2.05, 4.69) is 27.2 Å². The summed E-state index contributed by atoms with van der Waals surface area (Å²) in [6.45, 7) is 9.97. The number of nitrogens with zero attached hydrogens (tertiary/aromatic N) is 5. The Bertz CT molecular complexity index is 1600. The molecule has 0 saturated carbocycles. The van der Waals surface area contributed by atoms with Gasteiger partial charge in [0.25, 0.3) is 0 Å². The second kappa shape index (κ2) is 12.4. The van der Waals surface area contributed by atoms with Crippen molar-refractivity contribution in [3.8, 4) is 16.3 Å². The molecule has 4 N–H and O–H groups in total. The summed E-state index contributed by atoms with van der Waals surface area (Å²) >= 11 is 1.29. The molecule has 0 bridgehead atoms. The van der Waals surface area contributed by atoms with Crippen LogP contribution in [-0.4, -0.2) is 62.7 Å². The highest BCUT2D eigenvalue weighted by Crippen LogP contribution is 2.43. The van der Waals surface area contributed by atoms with Crippen LogP contribution in [0.1, 0.15) is 50.6 Å². The largest absolute Gasteiger partial charge is 0.444 e. The zero-order chi connectivity index (χ0) is 30.7. The van der Waals surface area contributed by atoms with Crippen molar-refractivity contribution in [2.45, 2.75) is 58.1 Å². The third kappa shape index (κ3) is 6.46. The number of halogens is 1. The lowest BCUT2D eigenvalue weighted by Crippen LogP contribution is -2.45. The summed E-state index contributed by atoms with van der Waals surface area (Å²) in [7, 11) is 0. The lowest BCUT2D eigenvalue weighted by atomic mass is 9.95. The number of carbonyl (C=O) groups is 2. The number of ether oxygens (including phenoxy) is 1. The fourth-order valence-corrected chi connectivity index (χ4v) is 6.29. The Morgan fingerprint density at radius 1 is 1.30 bits per heavy atom. The first-order valence-corrected chi connectivity index (χ1v) is 14.9. The normalized spacial score (nSPS) is 16.6. The monoisotopic (exact) mass is 606 g/mol. The van der Waals surface area contributed by atoms with Crippen molar-refractivity contribution < 1.29 is 18.7 Å². The Hall–Kier alpha value is -4.52. The minimum Gasteiger partial charge on any atom is -0.444 e. The second-order valence-electron chi connectivity index (χ2n) is 11.2. The number of hydrogen-bond acceptors (Lipinski definition) is 8. The molecule has 13 heteroatoms. The second-order valence-corrected chi connectivity index (χ2v) is 12.2. The molecule has 226 valence electrons. The van der Waals surface area contributed by atoms with E-state index in [9.17, 15) is 9.59 Å². The maximum Gasteiger partial charge on any atom is 0.410 e. The van der Waals surface area contributed by atoms with E-state index in [1.807, 2.05) is 20.8 Å². The number of nitrogens with two attached hydrogens (primary N) is 1. The molecular weight excluding hydrogens is 571 g/mol. The van der Waals surface area contributed by atoms with Crippen LogP contribution in [0.4, 0.5) is 19.1 Å². The van der Waals surface area contributed by atoms with Crippen LogP contribution >= 0.6 is 11.3 Å². The van der Waals surface area contributed by atoms with Gasteiger partial charge in [0, 0.05) is 42.8 Å². The number of carbonyl (C=O) groups excluding carboxylic acids is 2. The van der Waals surface area contributed by atoms with Gasteiger partial charge in [-0.3, -0.25) is 10.3 Å². The molecule has 5 rings (SSSR count). The number of thiazole rings is 1. The van der Waals surface area contributed by atoms with Crippen molar-refractivity contribution in [2.75, 3.05) is 18.4 Å². The average molecular weight is 607 g/mol.